The molecule has 5 rings (SSSR count). The number of hydrogen-bond donors (Lipinski definition) is 4. The number of benzene rings is 1. The molecule has 1 amide bonds. The van der Waals surface area contributed by atoms with E-state index in [1.54, 1.807) is 16.4 Å². The summed E-state index contributed by atoms with van der Waals surface area (Å²) in [6.07, 6.45) is 9.95. The van der Waals surface area contributed by atoms with Crippen LogP contribution in [0.4, 0.5) is 4.39 Å². The lowest BCUT2D eigenvalue weighted by Gasteiger charge is -2.40. The molecule has 4 fully saturated rings. The molecule has 0 aromatic heterocycles. The first-order chi connectivity index (χ1) is 19.2. The molecule has 0 spiro atoms. The fraction of sp³-hybridized carbons (Fsp3) is 0.767. The molecule has 1 unspecified atom stereocenters. The number of nitrogens with one attached hydrogen (secondary N) is 2. The Hall–Kier alpha value is -1.59. The summed E-state index contributed by atoms with van der Waals surface area (Å²) < 4.78 is 41.3. The number of nitrogens with two attached hydrogens (primary N) is 1. The molecule has 2 saturated heterocycles. The zero-order valence-corrected chi connectivity index (χ0v) is 24.3. The second kappa shape index (κ2) is 13.2. The lowest BCUT2D eigenvalue weighted by Crippen LogP contribution is -2.57. The van der Waals surface area contributed by atoms with E-state index in [0.29, 0.717) is 32.4 Å². The van der Waals surface area contributed by atoms with Gasteiger partial charge in [0, 0.05) is 37.1 Å². The molecule has 2 aliphatic carbocycles. The van der Waals surface area contributed by atoms with Gasteiger partial charge in [0.15, 0.2) is 0 Å². The lowest BCUT2D eigenvalue weighted by atomic mass is 9.72. The van der Waals surface area contributed by atoms with Crippen LogP contribution in [0.3, 0.4) is 0 Å². The van der Waals surface area contributed by atoms with E-state index in [2.05, 4.69) is 10.6 Å². The highest BCUT2D eigenvalue weighted by atomic mass is 32.2. The van der Waals surface area contributed by atoms with Gasteiger partial charge in [0.25, 0.3) is 0 Å². The molecule has 224 valence electrons. The largest absolute Gasteiger partial charge is 0.393 e. The molecule has 1 aromatic rings. The minimum Gasteiger partial charge on any atom is -0.393 e. The molecule has 4 aliphatic rings. The summed E-state index contributed by atoms with van der Waals surface area (Å²) in [5.41, 5.74) is 7.57. The van der Waals surface area contributed by atoms with Gasteiger partial charge in [-0.1, -0.05) is 25.0 Å². The molecular formula is C30H47FN4O4S. The highest BCUT2D eigenvalue weighted by Crippen LogP contribution is 2.38. The molecule has 2 aliphatic heterocycles. The summed E-state index contributed by atoms with van der Waals surface area (Å²) in [6.45, 7) is 1.25. The van der Waals surface area contributed by atoms with Gasteiger partial charge in [0.05, 0.1) is 17.9 Å². The van der Waals surface area contributed by atoms with Gasteiger partial charge in [-0.05, 0) is 93.7 Å². The van der Waals surface area contributed by atoms with Crippen molar-refractivity contribution in [3.05, 3.63) is 35.6 Å². The second-order valence-corrected chi connectivity index (χ2v) is 14.7. The van der Waals surface area contributed by atoms with Gasteiger partial charge in [-0.15, -0.1) is 0 Å². The fourth-order valence-corrected chi connectivity index (χ4v) is 9.56. The predicted molar refractivity (Wildman–Crippen MR) is 154 cm³/mol. The van der Waals surface area contributed by atoms with Gasteiger partial charge < -0.3 is 21.5 Å². The van der Waals surface area contributed by atoms with E-state index in [4.69, 9.17) is 5.73 Å². The molecule has 8 nitrogen and oxygen atoms in total. The third kappa shape index (κ3) is 7.06. The van der Waals surface area contributed by atoms with E-state index < -0.39 is 16.1 Å². The first kappa shape index (κ1) is 29.9. The minimum atomic E-state index is -3.22. The SMILES string of the molecule is N[C@H](C(=O)N[C@H]1CCCC[C@@H]1CC[C@H]1CN[C@@H]2CCCS(=O)(=O)N1C2)[C@@H](c1ccc(F)cc1)[C@H]1CC[C@H](O)CC1. The number of hydrogen-bond acceptors (Lipinski definition) is 6. The zero-order chi connectivity index (χ0) is 28.3. The first-order valence-corrected chi connectivity index (χ1v) is 17.0. The molecule has 5 N–H and O–H groups in total. The van der Waals surface area contributed by atoms with E-state index >= 15 is 0 Å². The van der Waals surface area contributed by atoms with E-state index in [1.165, 1.54) is 12.1 Å². The topological polar surface area (TPSA) is 125 Å². The van der Waals surface area contributed by atoms with Crippen molar-refractivity contribution < 1.29 is 22.7 Å². The molecule has 1 aromatic carbocycles. The Balaban J connectivity index is 1.24. The third-order valence-electron chi connectivity index (χ3n) is 10.1. The van der Waals surface area contributed by atoms with Gasteiger partial charge in [-0.3, -0.25) is 4.79 Å². The van der Waals surface area contributed by atoms with Crippen LogP contribution in [0.25, 0.3) is 0 Å². The Morgan fingerprint density at radius 2 is 1.77 bits per heavy atom. The molecule has 0 radical (unpaired) electrons. The Labute approximate surface area is 238 Å². The quantitative estimate of drug-likeness (QED) is 0.376. The van der Waals surface area contributed by atoms with Crippen molar-refractivity contribution >= 4 is 15.9 Å². The molecule has 2 bridgehead atoms. The van der Waals surface area contributed by atoms with Crippen LogP contribution < -0.4 is 16.4 Å². The van der Waals surface area contributed by atoms with Crippen molar-refractivity contribution in [2.75, 3.05) is 18.8 Å². The van der Waals surface area contributed by atoms with Crippen molar-refractivity contribution in [1.29, 1.82) is 0 Å². The van der Waals surface area contributed by atoms with Gasteiger partial charge >= 0.3 is 0 Å². The van der Waals surface area contributed by atoms with Gasteiger partial charge in [-0.25, -0.2) is 12.8 Å². The Kier molecular flexibility index (Phi) is 9.83. The van der Waals surface area contributed by atoms with Crippen LogP contribution in [0.1, 0.15) is 88.5 Å². The standard InChI is InChI=1S/C30H47FN4O4S/c31-23-12-7-21(8-13-23)28(22-10-15-26(36)16-11-22)29(32)30(37)34-27-6-2-1-4-20(27)9-14-25-18-33-24-5-3-17-40(38,39)35(25)19-24/h7-8,12-13,20,22,24-29,33,36H,1-6,9-11,14-19,32H2,(H,34,37)/t20-,22-,24-,25+,26-,27+,28+,29+/m1/s1. The second-order valence-electron chi connectivity index (χ2n) is 12.7. The Morgan fingerprint density at radius 1 is 1.05 bits per heavy atom. The number of carbonyl (C=O) groups excluding carboxylic acids is 1. The van der Waals surface area contributed by atoms with Crippen LogP contribution >= 0.6 is 0 Å². The van der Waals surface area contributed by atoms with Crippen LogP contribution in [-0.4, -0.2) is 72.9 Å². The van der Waals surface area contributed by atoms with Crippen molar-refractivity contribution in [2.24, 2.45) is 17.6 Å². The smallest absolute Gasteiger partial charge is 0.237 e. The summed E-state index contributed by atoms with van der Waals surface area (Å²) in [6, 6.07) is 5.78. The summed E-state index contributed by atoms with van der Waals surface area (Å²) >= 11 is 0. The van der Waals surface area contributed by atoms with Crippen LogP contribution in [-0.2, 0) is 14.8 Å². The fourth-order valence-electron chi connectivity index (χ4n) is 7.75. The monoisotopic (exact) mass is 578 g/mol. The van der Waals surface area contributed by atoms with Crippen LogP contribution in [0.15, 0.2) is 24.3 Å². The van der Waals surface area contributed by atoms with Crippen molar-refractivity contribution in [3.63, 3.8) is 0 Å². The van der Waals surface area contributed by atoms with Crippen molar-refractivity contribution in [1.82, 2.24) is 14.9 Å². The number of carbonyl (C=O) groups is 1. The van der Waals surface area contributed by atoms with Crippen LogP contribution in [0, 0.1) is 17.7 Å². The number of aliphatic hydroxyl groups is 1. The molecule has 2 saturated carbocycles. The number of nitrogens with zero attached hydrogens (tertiary/aromatic N) is 1. The summed E-state index contributed by atoms with van der Waals surface area (Å²) in [5.74, 6) is -0.0708. The van der Waals surface area contributed by atoms with Crippen molar-refractivity contribution in [3.8, 4) is 0 Å². The average Bonchev–Trinajstić information content (AvgIpc) is 3.06. The third-order valence-corrected chi connectivity index (χ3v) is 12.0. The van der Waals surface area contributed by atoms with Gasteiger partial charge in [0.2, 0.25) is 15.9 Å². The van der Waals surface area contributed by atoms with Gasteiger partial charge in [-0.2, -0.15) is 4.31 Å². The maximum Gasteiger partial charge on any atom is 0.237 e. The molecular weight excluding hydrogens is 531 g/mol. The molecule has 10 heteroatoms. The number of fused-ring (bicyclic) bond motifs is 2. The number of piperazine rings is 1. The first-order valence-electron chi connectivity index (χ1n) is 15.4. The number of amides is 1. The summed E-state index contributed by atoms with van der Waals surface area (Å²) in [7, 11) is -3.22. The highest BCUT2D eigenvalue weighted by molar-refractivity contribution is 7.89. The maximum absolute atomic E-state index is 13.7. The molecule has 7 atom stereocenters. The van der Waals surface area contributed by atoms with E-state index in [0.717, 1.165) is 63.4 Å². The van der Waals surface area contributed by atoms with Crippen LogP contribution in [0.2, 0.25) is 0 Å². The van der Waals surface area contributed by atoms with Gasteiger partial charge in [0.1, 0.15) is 5.82 Å². The van der Waals surface area contributed by atoms with E-state index in [9.17, 15) is 22.7 Å². The number of sulfonamides is 1. The predicted octanol–water partition coefficient (Wildman–Crippen LogP) is 3.01. The zero-order valence-electron chi connectivity index (χ0n) is 23.5. The number of halogens is 1. The molecule has 2 heterocycles. The van der Waals surface area contributed by atoms with E-state index in [-0.39, 0.29) is 59.5 Å². The minimum absolute atomic E-state index is 0.0133. The lowest BCUT2D eigenvalue weighted by molar-refractivity contribution is -0.124. The summed E-state index contributed by atoms with van der Waals surface area (Å²) in [5, 5.41) is 16.9. The average molecular weight is 579 g/mol. The normalized spacial score (nSPS) is 35.7. The Morgan fingerprint density at radius 3 is 2.52 bits per heavy atom. The Bertz CT molecular complexity index is 1100. The van der Waals surface area contributed by atoms with E-state index in [1.807, 2.05) is 0 Å². The summed E-state index contributed by atoms with van der Waals surface area (Å²) in [4.78, 5) is 13.7. The number of aliphatic hydroxyl groups excluding tert-OH is 1. The van der Waals surface area contributed by atoms with Crippen molar-refractivity contribution in [2.45, 2.75) is 113 Å². The number of rotatable bonds is 8. The van der Waals surface area contributed by atoms with Crippen LogP contribution in [0.5, 0.6) is 0 Å². The molecule has 40 heavy (non-hydrogen) atoms. The maximum atomic E-state index is 13.7. The highest BCUT2D eigenvalue weighted by Gasteiger charge is 2.40.